The Labute approximate surface area is 437 Å². The van der Waals surface area contributed by atoms with Crippen LogP contribution in [0.5, 0.6) is 0 Å². The molecule has 18 heteroatoms. The van der Waals surface area contributed by atoms with Crippen LogP contribution in [0.25, 0.3) is 0 Å². The molecule has 0 aliphatic carbocycles. The number of hydrogen-bond acceptors (Lipinski definition) is 10. The van der Waals surface area contributed by atoms with Gasteiger partial charge in [0.05, 0.1) is 26.3 Å². The molecule has 75 heavy (non-hydrogen) atoms. The summed E-state index contributed by atoms with van der Waals surface area (Å²) in [5.74, 6) is -2.91. The molecule has 16 nitrogen and oxygen atoms in total. The summed E-state index contributed by atoms with van der Waals surface area (Å²) < 4.78 is 42.7. The van der Waals surface area contributed by atoms with Crippen LogP contribution >= 0.6 is 0 Å². The third-order valence-electron chi connectivity index (χ3n) is 15.4. The molecule has 4 aromatic carbocycles. The maximum Gasteiger partial charge on any atom is 0.407 e. The van der Waals surface area contributed by atoms with Gasteiger partial charge in [0.1, 0.15) is 29.9 Å². The number of rotatable bonds is 15. The molecule has 0 spiro atoms. The van der Waals surface area contributed by atoms with Crippen molar-refractivity contribution in [2.45, 2.75) is 121 Å². The standard InChI is InChI=1S/C57H70F2N8O8/c1-34(2)49(62-56(72)74-5)54(70)65-28-10-14-47(65)52(68)60-40-20-16-38(17-21-40)45-24-25-46(67(45)42-32-43(58)51(44(59)33-42)64-30-26-37(27-31-64)36-12-8-7-9-13-36)39-18-22-41(23-19-39)61-53(69)48-15-11-29-66(48)55(71)50(35(3)4)63-57(73)75-6/h7-9,12-13,16-23,32-35,37,45-50H,10-11,14-15,24-31H2,1-6H3,(H,60,68)(H,61,69)(H,62,72)(H,63,73)/t45-,46?,47-,48-,49-,50-/m0/s1. The normalized spacial score (nSPS) is 20.7. The Balaban J connectivity index is 1.01. The molecule has 4 aliphatic heterocycles. The minimum atomic E-state index is -0.868. The van der Waals surface area contributed by atoms with Crippen molar-refractivity contribution in [1.29, 1.82) is 0 Å². The number of anilines is 4. The lowest BCUT2D eigenvalue weighted by atomic mass is 9.89. The van der Waals surface area contributed by atoms with Crippen molar-refractivity contribution in [3.63, 3.8) is 0 Å². The van der Waals surface area contributed by atoms with E-state index >= 15 is 8.78 Å². The van der Waals surface area contributed by atoms with Crippen LogP contribution in [-0.4, -0.2) is 110 Å². The Bertz CT molecular complexity index is 2540. The molecule has 0 saturated carbocycles. The fourth-order valence-corrected chi connectivity index (χ4v) is 11.4. The number of likely N-dealkylation sites (tertiary alicyclic amines) is 2. The highest BCUT2D eigenvalue weighted by Crippen LogP contribution is 2.48. The van der Waals surface area contributed by atoms with Crippen LogP contribution in [0.15, 0.2) is 91.0 Å². The van der Waals surface area contributed by atoms with E-state index in [0.29, 0.717) is 87.7 Å². The van der Waals surface area contributed by atoms with E-state index in [1.165, 1.54) is 41.7 Å². The summed E-state index contributed by atoms with van der Waals surface area (Å²) >= 11 is 0. The number of alkyl carbamates (subject to hydrolysis) is 2. The molecule has 6 atom stereocenters. The Morgan fingerprint density at radius 1 is 0.547 bits per heavy atom. The number of hydrogen-bond donors (Lipinski definition) is 4. The number of amides is 6. The van der Waals surface area contributed by atoms with E-state index in [-0.39, 0.29) is 53.2 Å². The highest BCUT2D eigenvalue weighted by Gasteiger charge is 2.42. The highest BCUT2D eigenvalue weighted by atomic mass is 19.1. The van der Waals surface area contributed by atoms with Gasteiger partial charge in [-0.15, -0.1) is 0 Å². The molecule has 4 fully saturated rings. The van der Waals surface area contributed by atoms with Crippen LogP contribution in [0, 0.1) is 23.5 Å². The lowest BCUT2D eigenvalue weighted by Crippen LogP contribution is -2.54. The summed E-state index contributed by atoms with van der Waals surface area (Å²) in [5.41, 5.74) is 4.29. The third kappa shape index (κ3) is 12.2. The first kappa shape index (κ1) is 54.0. The van der Waals surface area contributed by atoms with Crippen LogP contribution in [0.3, 0.4) is 0 Å². The van der Waals surface area contributed by atoms with Crippen molar-refractivity contribution in [3.8, 4) is 0 Å². The molecule has 400 valence electrons. The van der Waals surface area contributed by atoms with Gasteiger partial charge in [0.25, 0.3) is 0 Å². The van der Waals surface area contributed by atoms with Gasteiger partial charge in [0.2, 0.25) is 23.6 Å². The molecule has 1 unspecified atom stereocenters. The number of nitrogens with one attached hydrogen (secondary N) is 4. The average molecular weight is 1030 g/mol. The van der Waals surface area contributed by atoms with E-state index in [9.17, 15) is 28.8 Å². The van der Waals surface area contributed by atoms with Crippen molar-refractivity contribution in [1.82, 2.24) is 20.4 Å². The predicted octanol–water partition coefficient (Wildman–Crippen LogP) is 9.05. The summed E-state index contributed by atoms with van der Waals surface area (Å²) in [5, 5.41) is 11.2. The monoisotopic (exact) mass is 1030 g/mol. The molecular weight excluding hydrogens is 963 g/mol. The fourth-order valence-electron chi connectivity index (χ4n) is 11.4. The Morgan fingerprint density at radius 2 is 0.973 bits per heavy atom. The van der Waals surface area contributed by atoms with Gasteiger partial charge < -0.3 is 50.3 Å². The van der Waals surface area contributed by atoms with Gasteiger partial charge in [0, 0.05) is 43.2 Å². The number of halogens is 2. The third-order valence-corrected chi connectivity index (χ3v) is 15.4. The van der Waals surface area contributed by atoms with Crippen LogP contribution in [-0.2, 0) is 28.7 Å². The summed E-state index contributed by atoms with van der Waals surface area (Å²) in [6.07, 6.45) is 3.47. The van der Waals surface area contributed by atoms with Gasteiger partial charge in [-0.2, -0.15) is 0 Å². The van der Waals surface area contributed by atoms with Gasteiger partial charge >= 0.3 is 12.2 Å². The summed E-state index contributed by atoms with van der Waals surface area (Å²) in [4.78, 5) is 85.9. The van der Waals surface area contributed by atoms with Gasteiger partial charge in [-0.1, -0.05) is 82.3 Å². The van der Waals surface area contributed by atoms with E-state index in [4.69, 9.17) is 9.47 Å². The minimum absolute atomic E-state index is 0.0401. The molecule has 0 aromatic heterocycles. The van der Waals surface area contributed by atoms with Crippen LogP contribution < -0.4 is 31.1 Å². The second-order valence-electron chi connectivity index (χ2n) is 20.8. The van der Waals surface area contributed by atoms with Gasteiger partial charge in [0.15, 0.2) is 11.6 Å². The Morgan fingerprint density at radius 3 is 1.37 bits per heavy atom. The first-order valence-corrected chi connectivity index (χ1v) is 26.3. The number of ether oxygens (including phenoxy) is 2. The van der Waals surface area contributed by atoms with Crippen molar-refractivity contribution in [3.05, 3.63) is 119 Å². The van der Waals surface area contributed by atoms with E-state index < -0.39 is 48.0 Å². The minimum Gasteiger partial charge on any atom is -0.453 e. The van der Waals surface area contributed by atoms with Crippen LogP contribution in [0.1, 0.15) is 114 Å². The molecule has 4 heterocycles. The van der Waals surface area contributed by atoms with Gasteiger partial charge in [-0.25, -0.2) is 18.4 Å². The maximum atomic E-state index is 16.6. The molecule has 4 N–H and O–H groups in total. The van der Waals surface area contributed by atoms with Gasteiger partial charge in [-0.05, 0) is 122 Å². The number of piperidine rings is 1. The predicted molar refractivity (Wildman–Crippen MR) is 282 cm³/mol. The van der Waals surface area contributed by atoms with Crippen molar-refractivity contribution >= 4 is 58.6 Å². The zero-order valence-corrected chi connectivity index (χ0v) is 43.7. The lowest BCUT2D eigenvalue weighted by Gasteiger charge is -2.36. The molecule has 4 saturated heterocycles. The number of nitrogens with zero attached hydrogens (tertiary/aromatic N) is 4. The number of methoxy groups -OCH3 is 2. The molecule has 4 aromatic rings. The average Bonchev–Trinajstić information content (AvgIpc) is 4.22. The Hall–Kier alpha value is -7.24. The second-order valence-corrected chi connectivity index (χ2v) is 20.8. The second kappa shape index (κ2) is 24.0. The van der Waals surface area contributed by atoms with Crippen molar-refractivity contribution in [2.75, 3.05) is 60.8 Å². The number of benzene rings is 4. The topological polar surface area (TPSA) is 182 Å². The first-order chi connectivity index (χ1) is 36.1. The molecule has 4 aliphatic rings. The van der Waals surface area contributed by atoms with Crippen LogP contribution in [0.2, 0.25) is 0 Å². The zero-order chi connectivity index (χ0) is 53.5. The molecule has 0 radical (unpaired) electrons. The quantitative estimate of drug-likeness (QED) is 0.0897. The van der Waals surface area contributed by atoms with E-state index in [0.717, 1.165) is 24.0 Å². The fraction of sp³-hybridized carbons (Fsp3) is 0.474. The van der Waals surface area contributed by atoms with Gasteiger partial charge in [-0.3, -0.25) is 19.2 Å². The molecular formula is C57H70F2N8O8. The lowest BCUT2D eigenvalue weighted by molar-refractivity contribution is -0.139. The largest absolute Gasteiger partial charge is 0.453 e. The maximum absolute atomic E-state index is 16.6. The molecule has 6 amide bonds. The zero-order valence-electron chi connectivity index (χ0n) is 43.7. The summed E-state index contributed by atoms with van der Waals surface area (Å²) in [7, 11) is 2.45. The van der Waals surface area contributed by atoms with E-state index in [2.05, 4.69) is 33.4 Å². The first-order valence-electron chi connectivity index (χ1n) is 26.3. The smallest absolute Gasteiger partial charge is 0.407 e. The molecule has 8 rings (SSSR count). The van der Waals surface area contributed by atoms with Crippen molar-refractivity contribution in [2.24, 2.45) is 11.8 Å². The number of carbonyl (C=O) groups excluding carboxylic acids is 6. The van der Waals surface area contributed by atoms with Crippen LogP contribution in [0.4, 0.5) is 41.1 Å². The Kier molecular flexibility index (Phi) is 17.3. The summed E-state index contributed by atoms with van der Waals surface area (Å²) in [6, 6.07) is 23.9. The number of carbonyl (C=O) groups is 6. The summed E-state index contributed by atoms with van der Waals surface area (Å²) in [6.45, 7) is 8.99. The molecule has 0 bridgehead atoms. The SMILES string of the molecule is COC(=O)N[C@H](C(=O)N1CCC[C@H]1C(=O)Nc1ccc(C2CC[C@@H](c3ccc(NC(=O)[C@@H]4CCCN4C(=O)[C@@H](NC(=O)OC)C(C)C)cc3)N2c2cc(F)c(N3CCC(c4ccccc4)CC3)c(F)c2)cc1)C(C)C. The van der Waals surface area contributed by atoms with E-state index in [1.54, 1.807) is 29.2 Å². The van der Waals surface area contributed by atoms with E-state index in [1.807, 2.05) is 75.1 Å². The highest BCUT2D eigenvalue weighted by molar-refractivity contribution is 5.99. The van der Waals surface area contributed by atoms with Crippen molar-refractivity contribution < 1.29 is 47.0 Å².